The van der Waals surface area contributed by atoms with Crippen molar-refractivity contribution < 1.29 is 4.79 Å². The van der Waals surface area contributed by atoms with Gasteiger partial charge in [0.05, 0.1) is 11.4 Å². The summed E-state index contributed by atoms with van der Waals surface area (Å²) in [5.41, 5.74) is 4.96. The summed E-state index contributed by atoms with van der Waals surface area (Å²) in [6.07, 6.45) is 1.67. The van der Waals surface area contributed by atoms with E-state index in [9.17, 15) is 4.79 Å². The lowest BCUT2D eigenvalue weighted by atomic mass is 10.1. The van der Waals surface area contributed by atoms with Gasteiger partial charge in [-0.15, -0.1) is 0 Å². The summed E-state index contributed by atoms with van der Waals surface area (Å²) in [5, 5.41) is 2.84. The average molecular weight is 270 g/mol. The Morgan fingerprint density at radius 2 is 2.20 bits per heavy atom. The largest absolute Gasteiger partial charge is 0.323 e. The van der Waals surface area contributed by atoms with E-state index in [1.807, 2.05) is 36.1 Å². The number of nitrogen functional groups attached to an aromatic ring is 1. The Hall–Kier alpha value is -2.67. The molecule has 0 aliphatic carbocycles. The monoisotopic (exact) mass is 270 g/mol. The van der Waals surface area contributed by atoms with E-state index in [0.717, 1.165) is 16.9 Å². The molecular weight excluding hydrogens is 256 g/mol. The van der Waals surface area contributed by atoms with Crippen LogP contribution in [0.15, 0.2) is 30.5 Å². The number of carbonyl (C=O) groups is 1. The molecular formula is C13H14N6O. The number of nitrogens with two attached hydrogens (primary N) is 1. The SMILES string of the molecule is Cc1cnc(NN)nc1N1CC(=O)Nc2ccccc21. The summed E-state index contributed by atoms with van der Waals surface area (Å²) in [6, 6.07) is 7.59. The maximum Gasteiger partial charge on any atom is 0.244 e. The predicted molar refractivity (Wildman–Crippen MR) is 76.7 cm³/mol. The molecule has 1 aromatic heterocycles. The molecule has 20 heavy (non-hydrogen) atoms. The van der Waals surface area contributed by atoms with Gasteiger partial charge in [0.25, 0.3) is 0 Å². The van der Waals surface area contributed by atoms with Crippen molar-refractivity contribution in [2.45, 2.75) is 6.92 Å². The van der Waals surface area contributed by atoms with Crippen LogP contribution < -0.4 is 21.5 Å². The Morgan fingerprint density at radius 3 is 3.00 bits per heavy atom. The van der Waals surface area contributed by atoms with Crippen LogP contribution in [0.4, 0.5) is 23.1 Å². The minimum Gasteiger partial charge on any atom is -0.323 e. The van der Waals surface area contributed by atoms with Crippen molar-refractivity contribution in [1.82, 2.24) is 9.97 Å². The molecule has 4 N–H and O–H groups in total. The van der Waals surface area contributed by atoms with E-state index in [1.54, 1.807) is 6.20 Å². The van der Waals surface area contributed by atoms with Gasteiger partial charge in [-0.3, -0.25) is 10.2 Å². The van der Waals surface area contributed by atoms with Gasteiger partial charge in [-0.25, -0.2) is 10.8 Å². The van der Waals surface area contributed by atoms with E-state index in [0.29, 0.717) is 11.8 Å². The van der Waals surface area contributed by atoms with Crippen LogP contribution in [-0.2, 0) is 4.79 Å². The minimum absolute atomic E-state index is 0.0797. The van der Waals surface area contributed by atoms with Crippen LogP contribution in [0.5, 0.6) is 0 Å². The van der Waals surface area contributed by atoms with E-state index < -0.39 is 0 Å². The summed E-state index contributed by atoms with van der Waals surface area (Å²) in [5.74, 6) is 6.24. The first kappa shape index (κ1) is 12.4. The van der Waals surface area contributed by atoms with E-state index >= 15 is 0 Å². The van der Waals surface area contributed by atoms with Crippen LogP contribution in [0.25, 0.3) is 0 Å². The van der Waals surface area contributed by atoms with Gasteiger partial charge >= 0.3 is 0 Å². The van der Waals surface area contributed by atoms with Crippen LogP contribution >= 0.6 is 0 Å². The zero-order valence-electron chi connectivity index (χ0n) is 10.9. The standard InChI is InChI=1S/C13H14N6O/c1-8-6-15-13(18-14)17-12(8)19-7-11(20)16-9-4-2-3-5-10(9)19/h2-6H,7,14H2,1H3,(H,16,20)(H,15,17,18). The molecule has 1 aromatic carbocycles. The van der Waals surface area contributed by atoms with Crippen molar-refractivity contribution in [2.75, 3.05) is 22.2 Å². The number of nitrogens with one attached hydrogen (secondary N) is 2. The second-order valence-electron chi connectivity index (χ2n) is 4.50. The lowest BCUT2D eigenvalue weighted by Gasteiger charge is -2.30. The molecule has 1 amide bonds. The van der Waals surface area contributed by atoms with E-state index in [-0.39, 0.29) is 12.5 Å². The fourth-order valence-corrected chi connectivity index (χ4v) is 2.20. The van der Waals surface area contributed by atoms with Crippen molar-refractivity contribution in [3.63, 3.8) is 0 Å². The molecule has 0 saturated heterocycles. The molecule has 0 spiro atoms. The van der Waals surface area contributed by atoms with Crippen molar-refractivity contribution >= 4 is 29.0 Å². The van der Waals surface area contributed by atoms with E-state index in [4.69, 9.17) is 5.84 Å². The highest BCUT2D eigenvalue weighted by Gasteiger charge is 2.25. The normalized spacial score (nSPS) is 13.7. The Kier molecular flexibility index (Phi) is 2.96. The van der Waals surface area contributed by atoms with E-state index in [2.05, 4.69) is 20.7 Å². The second-order valence-corrected chi connectivity index (χ2v) is 4.50. The fraction of sp³-hybridized carbons (Fsp3) is 0.154. The molecule has 102 valence electrons. The van der Waals surface area contributed by atoms with Gasteiger partial charge in [0, 0.05) is 11.8 Å². The quantitative estimate of drug-likeness (QED) is 0.560. The number of aryl methyl sites for hydroxylation is 1. The van der Waals surface area contributed by atoms with Crippen molar-refractivity contribution in [3.05, 3.63) is 36.0 Å². The second kappa shape index (κ2) is 4.78. The van der Waals surface area contributed by atoms with E-state index in [1.165, 1.54) is 0 Å². The highest BCUT2D eigenvalue weighted by atomic mass is 16.2. The highest BCUT2D eigenvalue weighted by Crippen LogP contribution is 2.35. The average Bonchev–Trinajstić information content (AvgIpc) is 2.47. The van der Waals surface area contributed by atoms with Crippen molar-refractivity contribution in [1.29, 1.82) is 0 Å². The zero-order valence-corrected chi connectivity index (χ0v) is 10.9. The van der Waals surface area contributed by atoms with Gasteiger partial charge < -0.3 is 10.2 Å². The Morgan fingerprint density at radius 1 is 1.40 bits per heavy atom. The number of fused-ring (bicyclic) bond motifs is 1. The summed E-state index contributed by atoms with van der Waals surface area (Å²) in [4.78, 5) is 22.1. The molecule has 7 nitrogen and oxygen atoms in total. The zero-order chi connectivity index (χ0) is 14.1. The Labute approximate surface area is 115 Å². The maximum atomic E-state index is 11.8. The van der Waals surface area contributed by atoms with Crippen LogP contribution in [0, 0.1) is 6.92 Å². The van der Waals surface area contributed by atoms with Crippen molar-refractivity contribution in [2.24, 2.45) is 5.84 Å². The number of hydrazine groups is 1. The maximum absolute atomic E-state index is 11.8. The number of amides is 1. The molecule has 0 atom stereocenters. The van der Waals surface area contributed by atoms with Crippen LogP contribution in [-0.4, -0.2) is 22.4 Å². The summed E-state index contributed by atoms with van der Waals surface area (Å²) in [7, 11) is 0. The molecule has 0 bridgehead atoms. The number of carbonyl (C=O) groups excluding carboxylic acids is 1. The number of para-hydroxylation sites is 2. The third kappa shape index (κ3) is 2.04. The first-order valence-electron chi connectivity index (χ1n) is 6.15. The molecule has 7 heteroatoms. The van der Waals surface area contributed by atoms with Gasteiger partial charge in [-0.2, -0.15) is 4.98 Å². The van der Waals surface area contributed by atoms with Crippen molar-refractivity contribution in [3.8, 4) is 0 Å². The first-order chi connectivity index (χ1) is 9.69. The molecule has 0 radical (unpaired) electrons. The molecule has 1 aliphatic rings. The fourth-order valence-electron chi connectivity index (χ4n) is 2.20. The topological polar surface area (TPSA) is 96.2 Å². The third-order valence-corrected chi connectivity index (χ3v) is 3.10. The molecule has 2 heterocycles. The first-order valence-corrected chi connectivity index (χ1v) is 6.15. The molecule has 0 saturated carbocycles. The third-order valence-electron chi connectivity index (χ3n) is 3.10. The van der Waals surface area contributed by atoms with Gasteiger partial charge in [-0.1, -0.05) is 12.1 Å². The summed E-state index contributed by atoms with van der Waals surface area (Å²) in [6.45, 7) is 2.10. The highest BCUT2D eigenvalue weighted by molar-refractivity contribution is 6.03. The van der Waals surface area contributed by atoms with Gasteiger partial charge in [0.15, 0.2) is 0 Å². The smallest absolute Gasteiger partial charge is 0.244 e. The van der Waals surface area contributed by atoms with Gasteiger partial charge in [0.2, 0.25) is 11.9 Å². The molecule has 0 fully saturated rings. The molecule has 0 unspecified atom stereocenters. The van der Waals surface area contributed by atoms with Crippen LogP contribution in [0.2, 0.25) is 0 Å². The van der Waals surface area contributed by atoms with Gasteiger partial charge in [0.1, 0.15) is 12.4 Å². The summed E-state index contributed by atoms with van der Waals surface area (Å²) >= 11 is 0. The number of aromatic nitrogens is 2. The van der Waals surface area contributed by atoms with Crippen LogP contribution in [0.1, 0.15) is 5.56 Å². The number of anilines is 4. The molecule has 1 aliphatic heterocycles. The minimum atomic E-state index is -0.0797. The summed E-state index contributed by atoms with van der Waals surface area (Å²) < 4.78 is 0. The number of rotatable bonds is 2. The predicted octanol–water partition coefficient (Wildman–Crippen LogP) is 1.16. The number of hydrogen-bond donors (Lipinski definition) is 3. The molecule has 2 aromatic rings. The number of benzene rings is 1. The van der Waals surface area contributed by atoms with Gasteiger partial charge in [-0.05, 0) is 19.1 Å². The lowest BCUT2D eigenvalue weighted by Crippen LogP contribution is -2.36. The lowest BCUT2D eigenvalue weighted by molar-refractivity contribution is -0.115. The Bertz CT molecular complexity index is 672. The number of hydrogen-bond acceptors (Lipinski definition) is 6. The number of nitrogens with zero attached hydrogens (tertiary/aromatic N) is 3. The Balaban J connectivity index is 2.12. The van der Waals surface area contributed by atoms with Crippen LogP contribution in [0.3, 0.4) is 0 Å². The molecule has 3 rings (SSSR count).